The Kier molecular flexibility index (Phi) is 3.39. The van der Waals surface area contributed by atoms with Gasteiger partial charge >= 0.3 is 6.01 Å². The normalized spacial score (nSPS) is 9.61. The molecule has 0 N–H and O–H groups in total. The van der Waals surface area contributed by atoms with Crippen molar-refractivity contribution in [1.82, 2.24) is 9.97 Å². The lowest BCUT2D eigenvalue weighted by Crippen LogP contribution is -1.97. The molecule has 0 saturated carbocycles. The van der Waals surface area contributed by atoms with Crippen molar-refractivity contribution in [3.63, 3.8) is 0 Å². The van der Waals surface area contributed by atoms with Gasteiger partial charge in [0.25, 0.3) is 0 Å². The molecule has 1 aromatic carbocycles. The summed E-state index contributed by atoms with van der Waals surface area (Å²) in [6.07, 6.45) is 0. The van der Waals surface area contributed by atoms with Crippen LogP contribution in [0.15, 0.2) is 30.3 Å². The minimum Gasteiger partial charge on any atom is -0.481 e. The monoisotopic (exact) mass is 241 g/mol. The van der Waals surface area contributed by atoms with Crippen LogP contribution in [0.1, 0.15) is 11.3 Å². The van der Waals surface area contributed by atoms with E-state index in [9.17, 15) is 0 Å². The number of rotatable bonds is 3. The standard InChI is InChI=1S/C13H11N3O2/c1-9-7-12(17-2)16-13(15-9)18-11-6-4-3-5-10(11)8-14/h3-7H,1-2H3. The molecule has 0 spiro atoms. The summed E-state index contributed by atoms with van der Waals surface area (Å²) in [5.41, 5.74) is 1.16. The summed E-state index contributed by atoms with van der Waals surface area (Å²) >= 11 is 0. The minimum atomic E-state index is 0.162. The molecule has 2 rings (SSSR count). The molecule has 2 aromatic rings. The lowest BCUT2D eigenvalue weighted by molar-refractivity contribution is 0.375. The molecule has 0 bridgehead atoms. The zero-order chi connectivity index (χ0) is 13.0. The Morgan fingerprint density at radius 1 is 1.22 bits per heavy atom. The first-order chi connectivity index (χ1) is 8.72. The van der Waals surface area contributed by atoms with Gasteiger partial charge in [-0.3, -0.25) is 0 Å². The van der Waals surface area contributed by atoms with Crippen LogP contribution in [0.25, 0.3) is 0 Å². The number of nitrogens with zero attached hydrogens (tertiary/aromatic N) is 3. The van der Waals surface area contributed by atoms with Gasteiger partial charge in [0.1, 0.15) is 11.8 Å². The number of methoxy groups -OCH3 is 1. The number of ether oxygens (including phenoxy) is 2. The molecule has 5 heteroatoms. The van der Waals surface area contributed by atoms with Crippen LogP contribution in [-0.4, -0.2) is 17.1 Å². The van der Waals surface area contributed by atoms with Crippen LogP contribution in [0.5, 0.6) is 17.6 Å². The van der Waals surface area contributed by atoms with E-state index >= 15 is 0 Å². The van der Waals surface area contributed by atoms with E-state index in [1.165, 1.54) is 7.11 Å². The van der Waals surface area contributed by atoms with Crippen molar-refractivity contribution in [2.75, 3.05) is 7.11 Å². The lowest BCUT2D eigenvalue weighted by Gasteiger charge is -2.07. The number of aryl methyl sites for hydroxylation is 1. The summed E-state index contributed by atoms with van der Waals surface area (Å²) in [6.45, 7) is 1.81. The van der Waals surface area contributed by atoms with Crippen LogP contribution >= 0.6 is 0 Å². The van der Waals surface area contributed by atoms with Gasteiger partial charge in [-0.05, 0) is 19.1 Å². The highest BCUT2D eigenvalue weighted by atomic mass is 16.5. The average Bonchev–Trinajstić information content (AvgIpc) is 2.38. The van der Waals surface area contributed by atoms with Crippen LogP contribution in [-0.2, 0) is 0 Å². The van der Waals surface area contributed by atoms with Gasteiger partial charge in [0, 0.05) is 11.8 Å². The van der Waals surface area contributed by atoms with E-state index in [2.05, 4.69) is 9.97 Å². The van der Waals surface area contributed by atoms with E-state index in [1.54, 1.807) is 30.3 Å². The Bertz CT molecular complexity index is 605. The van der Waals surface area contributed by atoms with Crippen LogP contribution in [0.2, 0.25) is 0 Å². The maximum absolute atomic E-state index is 8.96. The predicted octanol–water partition coefficient (Wildman–Crippen LogP) is 2.46. The number of benzene rings is 1. The second-order valence-corrected chi connectivity index (χ2v) is 3.54. The van der Waals surface area contributed by atoms with Crippen molar-refractivity contribution in [2.45, 2.75) is 6.92 Å². The van der Waals surface area contributed by atoms with Gasteiger partial charge in [0.2, 0.25) is 5.88 Å². The Hall–Kier alpha value is -2.61. The van der Waals surface area contributed by atoms with Crippen molar-refractivity contribution in [3.8, 4) is 23.7 Å². The highest BCUT2D eigenvalue weighted by molar-refractivity contribution is 5.43. The van der Waals surface area contributed by atoms with E-state index in [0.29, 0.717) is 17.2 Å². The van der Waals surface area contributed by atoms with Crippen LogP contribution in [0.3, 0.4) is 0 Å². The fourth-order valence-corrected chi connectivity index (χ4v) is 1.41. The van der Waals surface area contributed by atoms with E-state index in [1.807, 2.05) is 13.0 Å². The third-order valence-corrected chi connectivity index (χ3v) is 2.23. The average molecular weight is 241 g/mol. The van der Waals surface area contributed by atoms with Crippen molar-refractivity contribution >= 4 is 0 Å². The first-order valence-electron chi connectivity index (χ1n) is 5.29. The number of para-hydroxylation sites is 1. The summed E-state index contributed by atoms with van der Waals surface area (Å²) in [5, 5.41) is 8.96. The van der Waals surface area contributed by atoms with Crippen LogP contribution in [0, 0.1) is 18.3 Å². The molecule has 18 heavy (non-hydrogen) atoms. The number of aromatic nitrogens is 2. The summed E-state index contributed by atoms with van der Waals surface area (Å²) in [6, 6.07) is 10.8. The molecule has 0 aliphatic heterocycles. The highest BCUT2D eigenvalue weighted by Crippen LogP contribution is 2.23. The molecule has 5 nitrogen and oxygen atoms in total. The molecule has 1 aromatic heterocycles. The number of hydrogen-bond acceptors (Lipinski definition) is 5. The first kappa shape index (κ1) is 11.9. The van der Waals surface area contributed by atoms with Crippen molar-refractivity contribution in [2.24, 2.45) is 0 Å². The predicted molar refractivity (Wildman–Crippen MR) is 64.6 cm³/mol. The Labute approximate surface area is 105 Å². The number of hydrogen-bond donors (Lipinski definition) is 0. The second kappa shape index (κ2) is 5.15. The SMILES string of the molecule is COc1cc(C)nc(Oc2ccccc2C#N)n1. The fourth-order valence-electron chi connectivity index (χ4n) is 1.41. The van der Waals surface area contributed by atoms with Gasteiger partial charge in [-0.25, -0.2) is 0 Å². The Morgan fingerprint density at radius 2 is 2.00 bits per heavy atom. The largest absolute Gasteiger partial charge is 0.481 e. The molecular formula is C13H11N3O2. The van der Waals surface area contributed by atoms with E-state index in [4.69, 9.17) is 14.7 Å². The molecular weight excluding hydrogens is 230 g/mol. The van der Waals surface area contributed by atoms with Gasteiger partial charge in [-0.2, -0.15) is 15.2 Å². The smallest absolute Gasteiger partial charge is 0.325 e. The van der Waals surface area contributed by atoms with Crippen LogP contribution < -0.4 is 9.47 Å². The van der Waals surface area contributed by atoms with Gasteiger partial charge in [-0.1, -0.05) is 12.1 Å². The van der Waals surface area contributed by atoms with Crippen molar-refractivity contribution in [3.05, 3.63) is 41.6 Å². The number of nitriles is 1. The molecule has 0 unspecified atom stereocenters. The molecule has 1 heterocycles. The Balaban J connectivity index is 2.34. The summed E-state index contributed by atoms with van der Waals surface area (Å²) in [5.74, 6) is 0.847. The zero-order valence-electron chi connectivity index (χ0n) is 10.0. The van der Waals surface area contributed by atoms with E-state index < -0.39 is 0 Å². The molecule has 90 valence electrons. The molecule has 0 radical (unpaired) electrons. The zero-order valence-corrected chi connectivity index (χ0v) is 10.0. The lowest BCUT2D eigenvalue weighted by atomic mass is 10.2. The van der Waals surface area contributed by atoms with Gasteiger partial charge in [0.15, 0.2) is 0 Å². The van der Waals surface area contributed by atoms with Crippen molar-refractivity contribution < 1.29 is 9.47 Å². The van der Waals surface area contributed by atoms with E-state index in [-0.39, 0.29) is 6.01 Å². The minimum absolute atomic E-state index is 0.162. The summed E-state index contributed by atoms with van der Waals surface area (Å²) < 4.78 is 10.5. The topological polar surface area (TPSA) is 68.0 Å². The molecule has 0 aliphatic rings. The molecule has 0 amide bonds. The summed E-state index contributed by atoms with van der Waals surface area (Å²) in [7, 11) is 1.52. The van der Waals surface area contributed by atoms with Crippen molar-refractivity contribution in [1.29, 1.82) is 5.26 Å². The molecule has 0 atom stereocenters. The quantitative estimate of drug-likeness (QED) is 0.825. The first-order valence-corrected chi connectivity index (χ1v) is 5.29. The van der Waals surface area contributed by atoms with Crippen LogP contribution in [0.4, 0.5) is 0 Å². The maximum atomic E-state index is 8.96. The third-order valence-electron chi connectivity index (χ3n) is 2.23. The molecule has 0 fully saturated rings. The Morgan fingerprint density at radius 3 is 2.72 bits per heavy atom. The van der Waals surface area contributed by atoms with Gasteiger partial charge in [0.05, 0.1) is 12.7 Å². The molecule has 0 saturated heterocycles. The third kappa shape index (κ3) is 2.55. The highest BCUT2D eigenvalue weighted by Gasteiger charge is 2.08. The fraction of sp³-hybridized carbons (Fsp3) is 0.154. The second-order valence-electron chi connectivity index (χ2n) is 3.54. The summed E-state index contributed by atoms with van der Waals surface area (Å²) in [4.78, 5) is 8.19. The molecule has 0 aliphatic carbocycles. The van der Waals surface area contributed by atoms with Gasteiger partial charge in [-0.15, -0.1) is 0 Å². The maximum Gasteiger partial charge on any atom is 0.325 e. The van der Waals surface area contributed by atoms with Gasteiger partial charge < -0.3 is 9.47 Å². The van der Waals surface area contributed by atoms with E-state index in [0.717, 1.165) is 5.69 Å².